The minimum absolute atomic E-state index is 0.232. The normalized spacial score (nSPS) is 21.7. The second-order valence-corrected chi connectivity index (χ2v) is 6.72. The number of likely N-dealkylation sites (tertiary alicyclic amines) is 1. The molecule has 22 heavy (non-hydrogen) atoms. The third-order valence-electron chi connectivity index (χ3n) is 3.82. The lowest BCUT2D eigenvalue weighted by Crippen LogP contribution is -2.60. The molecular weight excluding hydrogens is 282 g/mol. The Hall–Kier alpha value is -2.04. The molecule has 1 amide bonds. The van der Waals surface area contributed by atoms with Gasteiger partial charge in [-0.25, -0.2) is 4.79 Å². The largest absolute Gasteiger partial charge is 0.548 e. The third kappa shape index (κ3) is 3.40. The highest BCUT2D eigenvalue weighted by Crippen LogP contribution is 2.34. The smallest absolute Gasteiger partial charge is 0.411 e. The monoisotopic (exact) mass is 304 g/mol. The average Bonchev–Trinajstić information content (AvgIpc) is 2.83. The van der Waals surface area contributed by atoms with Gasteiger partial charge in [0.25, 0.3) is 0 Å². The summed E-state index contributed by atoms with van der Waals surface area (Å²) in [6.07, 6.45) is 0.643. The molecule has 1 atom stereocenters. The van der Waals surface area contributed by atoms with Crippen LogP contribution < -0.4 is 5.11 Å². The molecule has 1 aliphatic rings. The zero-order valence-electron chi connectivity index (χ0n) is 13.3. The van der Waals surface area contributed by atoms with E-state index >= 15 is 0 Å². The number of hydrogen-bond donors (Lipinski definition) is 0. The van der Waals surface area contributed by atoms with Crippen molar-refractivity contribution in [2.75, 3.05) is 6.54 Å². The zero-order valence-corrected chi connectivity index (χ0v) is 13.3. The molecular formula is C17H22NO4-. The van der Waals surface area contributed by atoms with Crippen LogP contribution in [0.5, 0.6) is 0 Å². The van der Waals surface area contributed by atoms with Gasteiger partial charge in [-0.05, 0) is 39.2 Å². The van der Waals surface area contributed by atoms with Gasteiger partial charge in [0.1, 0.15) is 5.60 Å². The summed E-state index contributed by atoms with van der Waals surface area (Å²) in [5, 5.41) is 11.8. The number of carboxylic acids is 1. The van der Waals surface area contributed by atoms with Crippen molar-refractivity contribution in [3.05, 3.63) is 35.9 Å². The molecule has 5 heteroatoms. The van der Waals surface area contributed by atoms with Gasteiger partial charge < -0.3 is 14.6 Å². The molecule has 0 unspecified atom stereocenters. The molecule has 0 aliphatic carbocycles. The summed E-state index contributed by atoms with van der Waals surface area (Å²) in [4.78, 5) is 25.6. The number of carbonyl (C=O) groups is 2. The Morgan fingerprint density at radius 2 is 1.91 bits per heavy atom. The lowest BCUT2D eigenvalue weighted by molar-refractivity contribution is -0.317. The zero-order chi connectivity index (χ0) is 16.4. The number of nitrogens with zero attached hydrogens (tertiary/aromatic N) is 1. The molecule has 0 radical (unpaired) electrons. The SMILES string of the molecule is CC(C)(C)OC(=O)N1CCC[C@@]1(Cc1ccccc1)C(=O)[O-]. The molecule has 1 aliphatic heterocycles. The molecule has 1 fully saturated rings. The maximum atomic E-state index is 12.4. The summed E-state index contributed by atoms with van der Waals surface area (Å²) in [5.74, 6) is -1.22. The molecule has 5 nitrogen and oxygen atoms in total. The molecule has 2 rings (SSSR count). The predicted octanol–water partition coefficient (Wildman–Crippen LogP) is 1.75. The Balaban J connectivity index is 2.28. The topological polar surface area (TPSA) is 69.7 Å². The van der Waals surface area contributed by atoms with Crippen molar-refractivity contribution in [1.82, 2.24) is 4.90 Å². The number of amides is 1. The van der Waals surface area contributed by atoms with Gasteiger partial charge in [-0.1, -0.05) is 30.3 Å². The van der Waals surface area contributed by atoms with Gasteiger partial charge in [0.2, 0.25) is 0 Å². The van der Waals surface area contributed by atoms with Crippen LogP contribution in [0, 0.1) is 0 Å². The maximum Gasteiger partial charge on any atom is 0.411 e. The number of hydrogen-bond acceptors (Lipinski definition) is 4. The summed E-state index contributed by atoms with van der Waals surface area (Å²) in [5.41, 5.74) is -1.13. The summed E-state index contributed by atoms with van der Waals surface area (Å²) < 4.78 is 5.36. The number of benzene rings is 1. The van der Waals surface area contributed by atoms with Crippen LogP contribution in [-0.4, -0.2) is 34.6 Å². The first-order chi connectivity index (χ1) is 10.2. The Morgan fingerprint density at radius 1 is 1.27 bits per heavy atom. The number of aliphatic carboxylic acids is 1. The van der Waals surface area contributed by atoms with E-state index in [2.05, 4.69) is 0 Å². The second kappa shape index (κ2) is 5.99. The molecule has 1 aromatic carbocycles. The quantitative estimate of drug-likeness (QED) is 0.853. The van der Waals surface area contributed by atoms with Gasteiger partial charge in [-0.2, -0.15) is 0 Å². The fourth-order valence-electron chi connectivity index (χ4n) is 2.86. The fourth-order valence-corrected chi connectivity index (χ4v) is 2.86. The lowest BCUT2D eigenvalue weighted by atomic mass is 9.88. The predicted molar refractivity (Wildman–Crippen MR) is 80.1 cm³/mol. The molecule has 1 aromatic rings. The summed E-state index contributed by atoms with van der Waals surface area (Å²) >= 11 is 0. The summed E-state index contributed by atoms with van der Waals surface area (Å²) in [6.45, 7) is 5.66. The van der Waals surface area contributed by atoms with Gasteiger partial charge in [0.05, 0.1) is 11.5 Å². The van der Waals surface area contributed by atoms with Crippen molar-refractivity contribution in [3.63, 3.8) is 0 Å². The van der Waals surface area contributed by atoms with E-state index in [1.807, 2.05) is 30.3 Å². The summed E-state index contributed by atoms with van der Waals surface area (Å²) in [6, 6.07) is 9.29. The van der Waals surface area contributed by atoms with E-state index in [0.29, 0.717) is 19.4 Å². The fraction of sp³-hybridized carbons (Fsp3) is 0.529. The van der Waals surface area contributed by atoms with Gasteiger partial charge in [0, 0.05) is 13.0 Å². The van der Waals surface area contributed by atoms with Crippen molar-refractivity contribution in [1.29, 1.82) is 0 Å². The first-order valence-electron chi connectivity index (χ1n) is 7.51. The standard InChI is InChI=1S/C17H23NO4/c1-16(2,3)22-15(21)18-11-7-10-17(18,14(19)20)12-13-8-5-4-6-9-13/h4-6,8-9H,7,10-12H2,1-3H3,(H,19,20)/p-1/t17-/m1/s1. The van der Waals surface area contributed by atoms with Crippen LogP contribution in [-0.2, 0) is 16.0 Å². The second-order valence-electron chi connectivity index (χ2n) is 6.72. The van der Waals surface area contributed by atoms with Crippen molar-refractivity contribution >= 4 is 12.1 Å². The van der Waals surface area contributed by atoms with Gasteiger partial charge in [-0.15, -0.1) is 0 Å². The minimum Gasteiger partial charge on any atom is -0.548 e. The lowest BCUT2D eigenvalue weighted by Gasteiger charge is -2.40. The third-order valence-corrected chi connectivity index (χ3v) is 3.82. The van der Waals surface area contributed by atoms with E-state index in [1.165, 1.54) is 4.90 Å². The Labute approximate surface area is 130 Å². The molecule has 120 valence electrons. The Kier molecular flexibility index (Phi) is 4.44. The van der Waals surface area contributed by atoms with Crippen molar-refractivity contribution < 1.29 is 19.4 Å². The Morgan fingerprint density at radius 3 is 2.45 bits per heavy atom. The molecule has 1 saturated heterocycles. The van der Waals surface area contributed by atoms with E-state index in [0.717, 1.165) is 5.56 Å². The minimum atomic E-state index is -1.33. The van der Waals surface area contributed by atoms with Gasteiger partial charge >= 0.3 is 6.09 Å². The number of ether oxygens (including phenoxy) is 1. The molecule has 0 spiro atoms. The summed E-state index contributed by atoms with van der Waals surface area (Å²) in [7, 11) is 0. The maximum absolute atomic E-state index is 12.4. The number of rotatable bonds is 3. The van der Waals surface area contributed by atoms with Crippen LogP contribution in [0.15, 0.2) is 30.3 Å². The Bertz CT molecular complexity index is 550. The highest BCUT2D eigenvalue weighted by molar-refractivity contribution is 5.84. The van der Waals surface area contributed by atoms with E-state index in [9.17, 15) is 14.7 Å². The molecule has 0 N–H and O–H groups in total. The highest BCUT2D eigenvalue weighted by Gasteiger charge is 2.46. The first kappa shape index (κ1) is 16.3. The molecule has 0 aromatic heterocycles. The van der Waals surface area contributed by atoms with E-state index in [-0.39, 0.29) is 6.42 Å². The molecule has 0 saturated carbocycles. The average molecular weight is 304 g/mol. The van der Waals surface area contributed by atoms with E-state index < -0.39 is 23.2 Å². The molecule has 0 bridgehead atoms. The van der Waals surface area contributed by atoms with Crippen LogP contribution in [0.1, 0.15) is 39.2 Å². The van der Waals surface area contributed by atoms with Crippen LogP contribution >= 0.6 is 0 Å². The number of carboxylic acid groups (broad SMARTS) is 1. The van der Waals surface area contributed by atoms with Crippen LogP contribution in [0.4, 0.5) is 4.79 Å². The van der Waals surface area contributed by atoms with Crippen LogP contribution in [0.3, 0.4) is 0 Å². The van der Waals surface area contributed by atoms with Crippen molar-refractivity contribution in [3.8, 4) is 0 Å². The van der Waals surface area contributed by atoms with Crippen LogP contribution in [0.2, 0.25) is 0 Å². The first-order valence-corrected chi connectivity index (χ1v) is 7.51. The highest BCUT2D eigenvalue weighted by atomic mass is 16.6. The van der Waals surface area contributed by atoms with Crippen molar-refractivity contribution in [2.24, 2.45) is 0 Å². The van der Waals surface area contributed by atoms with Crippen LogP contribution in [0.25, 0.3) is 0 Å². The van der Waals surface area contributed by atoms with Gasteiger partial charge in [-0.3, -0.25) is 4.90 Å². The van der Waals surface area contributed by atoms with Crippen molar-refractivity contribution in [2.45, 2.75) is 51.2 Å². The van der Waals surface area contributed by atoms with Gasteiger partial charge in [0.15, 0.2) is 0 Å². The van der Waals surface area contributed by atoms with E-state index in [1.54, 1.807) is 20.8 Å². The number of carbonyl (C=O) groups excluding carboxylic acids is 2. The molecule has 1 heterocycles. The van der Waals surface area contributed by atoms with E-state index in [4.69, 9.17) is 4.74 Å².